The number of hydrogen-bond donors (Lipinski definition) is 0. The molecule has 0 saturated heterocycles. The fraction of sp³-hybridized carbons (Fsp3) is 0.130. The maximum atomic E-state index is 13.4. The van der Waals surface area contributed by atoms with Crippen molar-refractivity contribution in [2.24, 2.45) is 7.05 Å². The third-order valence-electron chi connectivity index (χ3n) is 5.17. The SMILES string of the molecule is Cc1nn(C)c(OC(=O)c2c(Cl)ccc3cc(Cl)cnc23)c1C(=O)c1ccc(S(C)(=O)=O)cc1Cl. The number of ketones is 1. The Bertz CT molecular complexity index is 1650. The summed E-state index contributed by atoms with van der Waals surface area (Å²) in [7, 11) is -2.02. The summed E-state index contributed by atoms with van der Waals surface area (Å²) in [5, 5.41) is 5.18. The number of rotatable bonds is 5. The van der Waals surface area contributed by atoms with Gasteiger partial charge in [-0.25, -0.2) is 17.9 Å². The Morgan fingerprint density at radius 3 is 2.37 bits per heavy atom. The van der Waals surface area contributed by atoms with Gasteiger partial charge in [0.15, 0.2) is 9.84 Å². The predicted octanol–water partition coefficient (Wildman–Crippen LogP) is 5.09. The molecule has 2 heterocycles. The molecule has 0 spiro atoms. The smallest absolute Gasteiger partial charge is 0.348 e. The molecule has 2 aromatic carbocycles. The van der Waals surface area contributed by atoms with Crippen LogP contribution >= 0.6 is 34.8 Å². The van der Waals surface area contributed by atoms with E-state index in [1.165, 1.54) is 42.2 Å². The van der Waals surface area contributed by atoms with E-state index in [1.54, 1.807) is 19.1 Å². The quantitative estimate of drug-likeness (QED) is 0.251. The van der Waals surface area contributed by atoms with Gasteiger partial charge >= 0.3 is 5.97 Å². The van der Waals surface area contributed by atoms with E-state index in [4.69, 9.17) is 39.5 Å². The van der Waals surface area contributed by atoms with Gasteiger partial charge in [-0.15, -0.1) is 0 Å². The van der Waals surface area contributed by atoms with Gasteiger partial charge in [-0.3, -0.25) is 9.78 Å². The Hall–Kier alpha value is -2.98. The Kier molecular flexibility index (Phi) is 6.63. The highest BCUT2D eigenvalue weighted by Gasteiger charge is 2.28. The molecular weight excluding hydrogens is 537 g/mol. The zero-order valence-electron chi connectivity index (χ0n) is 18.5. The number of aryl methyl sites for hydroxylation is 2. The lowest BCUT2D eigenvalue weighted by Crippen LogP contribution is -2.15. The van der Waals surface area contributed by atoms with Gasteiger partial charge in [0.1, 0.15) is 11.1 Å². The van der Waals surface area contributed by atoms with Crippen LogP contribution in [0.15, 0.2) is 47.5 Å². The van der Waals surface area contributed by atoms with Crippen molar-refractivity contribution in [2.75, 3.05) is 6.26 Å². The van der Waals surface area contributed by atoms with Gasteiger partial charge in [0.05, 0.1) is 31.2 Å². The average Bonchev–Trinajstić information content (AvgIpc) is 3.05. The number of pyridine rings is 1. The van der Waals surface area contributed by atoms with Gasteiger partial charge < -0.3 is 4.74 Å². The first-order valence-electron chi connectivity index (χ1n) is 9.92. The minimum Gasteiger partial charge on any atom is -0.403 e. The second kappa shape index (κ2) is 9.23. The fourth-order valence-electron chi connectivity index (χ4n) is 3.54. The van der Waals surface area contributed by atoms with Crippen molar-refractivity contribution >= 4 is 67.3 Å². The van der Waals surface area contributed by atoms with Gasteiger partial charge in [-0.2, -0.15) is 5.10 Å². The van der Waals surface area contributed by atoms with E-state index in [9.17, 15) is 18.0 Å². The van der Waals surface area contributed by atoms with Crippen LogP contribution in [0, 0.1) is 6.92 Å². The van der Waals surface area contributed by atoms with Crippen LogP contribution in [0.3, 0.4) is 0 Å². The molecule has 0 aliphatic carbocycles. The van der Waals surface area contributed by atoms with Crippen LogP contribution in [-0.2, 0) is 16.9 Å². The van der Waals surface area contributed by atoms with E-state index < -0.39 is 21.6 Å². The van der Waals surface area contributed by atoms with Crippen molar-refractivity contribution in [2.45, 2.75) is 11.8 Å². The molecule has 4 rings (SSSR count). The molecular formula is C23H16Cl3N3O5S. The van der Waals surface area contributed by atoms with Gasteiger partial charge in [0, 0.05) is 30.4 Å². The lowest BCUT2D eigenvalue weighted by molar-refractivity contribution is 0.0720. The molecule has 35 heavy (non-hydrogen) atoms. The van der Waals surface area contributed by atoms with Crippen molar-refractivity contribution in [3.05, 3.63) is 80.0 Å². The second-order valence-electron chi connectivity index (χ2n) is 7.67. The molecule has 8 nitrogen and oxygen atoms in total. The number of sulfone groups is 1. The lowest BCUT2D eigenvalue weighted by Gasteiger charge is -2.11. The molecule has 0 unspecified atom stereocenters. The fourth-order valence-corrected chi connectivity index (χ4v) is 4.92. The van der Waals surface area contributed by atoms with Gasteiger partial charge in [0.2, 0.25) is 11.7 Å². The van der Waals surface area contributed by atoms with Crippen molar-refractivity contribution in [3.8, 4) is 5.88 Å². The number of benzene rings is 2. The number of nitrogens with zero attached hydrogens (tertiary/aromatic N) is 3. The number of esters is 1. The van der Waals surface area contributed by atoms with E-state index in [0.717, 1.165) is 6.26 Å². The van der Waals surface area contributed by atoms with Crippen LogP contribution in [0.2, 0.25) is 15.1 Å². The maximum absolute atomic E-state index is 13.4. The number of fused-ring (bicyclic) bond motifs is 1. The molecule has 0 aliphatic heterocycles. The molecule has 12 heteroatoms. The lowest BCUT2D eigenvalue weighted by atomic mass is 10.0. The normalized spacial score (nSPS) is 11.6. The molecule has 180 valence electrons. The summed E-state index contributed by atoms with van der Waals surface area (Å²) in [6, 6.07) is 8.57. The Morgan fingerprint density at radius 2 is 1.71 bits per heavy atom. The highest BCUT2D eigenvalue weighted by Crippen LogP contribution is 2.32. The summed E-state index contributed by atoms with van der Waals surface area (Å²) in [5.41, 5.74) is 0.554. The number of halogens is 3. The van der Waals surface area contributed by atoms with Crippen LogP contribution in [0.1, 0.15) is 32.0 Å². The Morgan fingerprint density at radius 1 is 1.00 bits per heavy atom. The minimum atomic E-state index is -3.52. The van der Waals surface area contributed by atoms with E-state index in [2.05, 4.69) is 10.1 Å². The molecule has 0 aliphatic rings. The topological polar surface area (TPSA) is 108 Å². The van der Waals surface area contributed by atoms with Gasteiger partial charge in [0.25, 0.3) is 0 Å². The molecule has 0 N–H and O–H groups in total. The highest BCUT2D eigenvalue weighted by atomic mass is 35.5. The molecule has 0 radical (unpaired) electrons. The molecule has 4 aromatic rings. The molecule has 0 atom stereocenters. The van der Waals surface area contributed by atoms with Crippen LogP contribution in [0.5, 0.6) is 5.88 Å². The number of hydrogen-bond acceptors (Lipinski definition) is 7. The number of aromatic nitrogens is 3. The summed E-state index contributed by atoms with van der Waals surface area (Å²) in [5.74, 6) is -1.59. The maximum Gasteiger partial charge on any atom is 0.348 e. The third kappa shape index (κ3) is 4.77. The average molecular weight is 553 g/mol. The molecule has 0 saturated carbocycles. The Balaban J connectivity index is 1.77. The second-order valence-corrected chi connectivity index (χ2v) is 10.9. The van der Waals surface area contributed by atoms with Crippen LogP contribution in [-0.4, -0.2) is 41.2 Å². The van der Waals surface area contributed by atoms with Crippen LogP contribution in [0.4, 0.5) is 0 Å². The van der Waals surface area contributed by atoms with Gasteiger partial charge in [-0.1, -0.05) is 40.9 Å². The largest absolute Gasteiger partial charge is 0.403 e. The standard InChI is InChI=1S/C23H16Cl3N3O5S/c1-11-18(21(30)15-6-5-14(9-17(15)26)35(3,32)33)22(29(2)28-11)34-23(31)19-16(25)7-4-12-8-13(24)10-27-20(12)19/h4-10H,1-3H3. The zero-order chi connectivity index (χ0) is 25.7. The monoisotopic (exact) mass is 551 g/mol. The summed E-state index contributed by atoms with van der Waals surface area (Å²) < 4.78 is 30.5. The number of carbonyl (C=O) groups is 2. The first kappa shape index (κ1) is 25.1. The van der Waals surface area contributed by atoms with Crippen molar-refractivity contribution in [3.63, 3.8) is 0 Å². The van der Waals surface area contributed by atoms with Gasteiger partial charge in [-0.05, 0) is 37.3 Å². The molecule has 0 amide bonds. The molecule has 2 aromatic heterocycles. The number of carbonyl (C=O) groups excluding carboxylic acids is 2. The van der Waals surface area contributed by atoms with Crippen molar-refractivity contribution < 1.29 is 22.7 Å². The summed E-state index contributed by atoms with van der Waals surface area (Å²) in [4.78, 5) is 30.8. The van der Waals surface area contributed by atoms with E-state index in [0.29, 0.717) is 10.4 Å². The first-order valence-corrected chi connectivity index (χ1v) is 12.9. The van der Waals surface area contributed by atoms with E-state index >= 15 is 0 Å². The first-order chi connectivity index (χ1) is 16.4. The van der Waals surface area contributed by atoms with Crippen molar-refractivity contribution in [1.82, 2.24) is 14.8 Å². The van der Waals surface area contributed by atoms with Crippen molar-refractivity contribution in [1.29, 1.82) is 0 Å². The zero-order valence-corrected chi connectivity index (χ0v) is 21.6. The summed E-state index contributed by atoms with van der Waals surface area (Å²) in [6.45, 7) is 1.57. The summed E-state index contributed by atoms with van der Waals surface area (Å²) >= 11 is 18.5. The predicted molar refractivity (Wildman–Crippen MR) is 133 cm³/mol. The number of ether oxygens (including phenoxy) is 1. The molecule has 0 bridgehead atoms. The van der Waals surface area contributed by atoms with Crippen LogP contribution < -0.4 is 4.74 Å². The molecule has 0 fully saturated rings. The Labute approximate surface area is 215 Å². The van der Waals surface area contributed by atoms with E-state index in [-0.39, 0.29) is 48.7 Å². The minimum absolute atomic E-state index is 0.00590. The van der Waals surface area contributed by atoms with Crippen LogP contribution in [0.25, 0.3) is 10.9 Å². The summed E-state index contributed by atoms with van der Waals surface area (Å²) in [6.07, 6.45) is 2.41. The van der Waals surface area contributed by atoms with E-state index in [1.807, 2.05) is 0 Å². The highest BCUT2D eigenvalue weighted by molar-refractivity contribution is 7.90. The third-order valence-corrected chi connectivity index (χ3v) is 7.12.